The van der Waals surface area contributed by atoms with Gasteiger partial charge in [-0.15, -0.1) is 0 Å². The number of carbonyl (C=O) groups is 1. The fourth-order valence-electron chi connectivity index (χ4n) is 2.52. The molecule has 2 aromatic carbocycles. The van der Waals surface area contributed by atoms with Crippen LogP contribution in [0.1, 0.15) is 5.56 Å². The van der Waals surface area contributed by atoms with E-state index in [-0.39, 0.29) is 6.47 Å². The molecule has 0 bridgehead atoms. The zero-order valence-corrected chi connectivity index (χ0v) is 15.4. The fourth-order valence-corrected chi connectivity index (χ4v) is 2.52. The Hall–Kier alpha value is -3.37. The quantitative estimate of drug-likeness (QED) is 0.356. The molecule has 0 amide bonds. The summed E-state index contributed by atoms with van der Waals surface area (Å²) in [7, 11) is 1.70. The summed E-state index contributed by atoms with van der Waals surface area (Å²) in [4.78, 5) is 16.9. The van der Waals surface area contributed by atoms with Gasteiger partial charge in [0.15, 0.2) is 11.5 Å². The maximum absolute atomic E-state index is 9.13. The molecular weight excluding hydrogens is 365 g/mol. The summed E-state index contributed by atoms with van der Waals surface area (Å²) in [5.41, 5.74) is 2.18. The molecule has 3 rings (SSSR count). The second-order valence-electron chi connectivity index (χ2n) is 5.52. The van der Waals surface area contributed by atoms with Crippen molar-refractivity contribution >= 4 is 35.8 Å². The molecule has 146 valence electrons. The number of hydrogen-bond donors (Lipinski definition) is 4. The fraction of sp³-hybridized carbons (Fsp3) is 0.167. The number of benzene rings is 2. The second kappa shape index (κ2) is 10.1. The molecule has 3 aromatic rings. The molecule has 28 heavy (non-hydrogen) atoms. The van der Waals surface area contributed by atoms with Crippen LogP contribution >= 0.6 is 0 Å². The molecule has 1 heterocycles. The molecule has 9 nitrogen and oxygen atoms in total. The van der Waals surface area contributed by atoms with Crippen LogP contribution < -0.4 is 20.3 Å². The lowest BCUT2D eigenvalue weighted by atomic mass is 9.80. The maximum atomic E-state index is 9.13. The lowest BCUT2D eigenvalue weighted by Gasteiger charge is -2.12. The Morgan fingerprint density at radius 3 is 2.25 bits per heavy atom. The van der Waals surface area contributed by atoms with Crippen LogP contribution in [0.3, 0.4) is 0 Å². The van der Waals surface area contributed by atoms with Gasteiger partial charge in [-0.2, -0.15) is 0 Å². The van der Waals surface area contributed by atoms with Gasteiger partial charge < -0.3 is 29.9 Å². The first-order chi connectivity index (χ1) is 13.5. The third-order valence-corrected chi connectivity index (χ3v) is 3.88. The van der Waals surface area contributed by atoms with E-state index in [2.05, 4.69) is 15.3 Å². The smallest absolute Gasteiger partial charge is 0.488 e. The van der Waals surface area contributed by atoms with Crippen LogP contribution in [0.25, 0.3) is 10.9 Å². The summed E-state index contributed by atoms with van der Waals surface area (Å²) in [6.07, 6.45) is 1.49. The first kappa shape index (κ1) is 20.9. The van der Waals surface area contributed by atoms with Gasteiger partial charge in [-0.05, 0) is 17.1 Å². The lowest BCUT2D eigenvalue weighted by molar-refractivity contribution is -0.122. The second-order valence-corrected chi connectivity index (χ2v) is 5.52. The highest BCUT2D eigenvalue weighted by atomic mass is 16.5. The van der Waals surface area contributed by atoms with E-state index in [0.717, 1.165) is 16.5 Å². The molecule has 1 aromatic heterocycles. The van der Waals surface area contributed by atoms with Crippen LogP contribution in [0.4, 0.5) is 5.82 Å². The molecule has 0 saturated carbocycles. The van der Waals surface area contributed by atoms with Crippen molar-refractivity contribution in [3.05, 3.63) is 48.3 Å². The van der Waals surface area contributed by atoms with Crippen LogP contribution in [0.2, 0.25) is 0 Å². The van der Waals surface area contributed by atoms with E-state index in [0.29, 0.717) is 29.3 Å². The van der Waals surface area contributed by atoms with E-state index in [4.69, 9.17) is 29.4 Å². The van der Waals surface area contributed by atoms with Gasteiger partial charge in [-0.1, -0.05) is 24.3 Å². The SMILES string of the molecule is COc1cc2ncnc(NCc3ccc(B(O)O)cc3)c2cc1OC.O=CO. The van der Waals surface area contributed by atoms with Gasteiger partial charge >= 0.3 is 7.12 Å². The number of methoxy groups -OCH3 is 2. The first-order valence-corrected chi connectivity index (χ1v) is 8.17. The number of aromatic nitrogens is 2. The van der Waals surface area contributed by atoms with Crippen molar-refractivity contribution in [2.75, 3.05) is 19.5 Å². The Bertz CT molecular complexity index is 921. The van der Waals surface area contributed by atoms with Crippen molar-refractivity contribution in [3.63, 3.8) is 0 Å². The number of nitrogens with one attached hydrogen (secondary N) is 1. The molecule has 0 aliphatic carbocycles. The molecule has 0 aliphatic rings. The van der Waals surface area contributed by atoms with Crippen molar-refractivity contribution in [2.45, 2.75) is 6.54 Å². The molecule has 0 atom stereocenters. The van der Waals surface area contributed by atoms with Gasteiger partial charge in [-0.25, -0.2) is 9.97 Å². The van der Waals surface area contributed by atoms with Crippen molar-refractivity contribution in [2.24, 2.45) is 0 Å². The highest BCUT2D eigenvalue weighted by Gasteiger charge is 2.12. The third kappa shape index (κ3) is 5.09. The van der Waals surface area contributed by atoms with E-state index >= 15 is 0 Å². The molecule has 0 spiro atoms. The van der Waals surface area contributed by atoms with Crippen LogP contribution in [-0.4, -0.2) is 52.9 Å². The van der Waals surface area contributed by atoms with Crippen LogP contribution in [-0.2, 0) is 11.3 Å². The van der Waals surface area contributed by atoms with E-state index in [1.807, 2.05) is 18.2 Å². The molecule has 10 heteroatoms. The van der Waals surface area contributed by atoms with Crippen LogP contribution in [0.5, 0.6) is 11.5 Å². The van der Waals surface area contributed by atoms with Crippen molar-refractivity contribution in [1.29, 1.82) is 0 Å². The first-order valence-electron chi connectivity index (χ1n) is 8.17. The Balaban J connectivity index is 0.000000878. The zero-order chi connectivity index (χ0) is 20.5. The summed E-state index contributed by atoms with van der Waals surface area (Å²) < 4.78 is 10.6. The number of anilines is 1. The predicted molar refractivity (Wildman–Crippen MR) is 105 cm³/mol. The average Bonchev–Trinajstić information content (AvgIpc) is 2.72. The monoisotopic (exact) mass is 385 g/mol. The Kier molecular flexibility index (Phi) is 7.55. The van der Waals surface area contributed by atoms with Crippen LogP contribution in [0, 0.1) is 0 Å². The topological polar surface area (TPSA) is 134 Å². The predicted octanol–water partition coefficient (Wildman–Crippen LogP) is 0.640. The van der Waals surface area contributed by atoms with E-state index < -0.39 is 7.12 Å². The van der Waals surface area contributed by atoms with Gasteiger partial charge in [0.2, 0.25) is 0 Å². The molecule has 0 fully saturated rings. The summed E-state index contributed by atoms with van der Waals surface area (Å²) in [5, 5.41) is 29.2. The molecule has 4 N–H and O–H groups in total. The van der Waals surface area contributed by atoms with Crippen LogP contribution in [0.15, 0.2) is 42.7 Å². The summed E-state index contributed by atoms with van der Waals surface area (Å²) in [5.74, 6) is 1.89. The zero-order valence-electron chi connectivity index (χ0n) is 15.4. The summed E-state index contributed by atoms with van der Waals surface area (Å²) in [6.45, 7) is 0.280. The molecular formula is C18H20BN3O6. The Morgan fingerprint density at radius 2 is 1.68 bits per heavy atom. The molecule has 0 saturated heterocycles. The van der Waals surface area contributed by atoms with Gasteiger partial charge in [0, 0.05) is 18.0 Å². The minimum Gasteiger partial charge on any atom is -0.493 e. The minimum atomic E-state index is -1.46. The lowest BCUT2D eigenvalue weighted by Crippen LogP contribution is -2.29. The highest BCUT2D eigenvalue weighted by Crippen LogP contribution is 2.33. The van der Waals surface area contributed by atoms with Crippen molar-refractivity contribution in [3.8, 4) is 11.5 Å². The molecule has 0 unspecified atom stereocenters. The third-order valence-electron chi connectivity index (χ3n) is 3.88. The van der Waals surface area contributed by atoms with E-state index in [1.165, 1.54) is 6.33 Å². The number of hydrogen-bond acceptors (Lipinski definition) is 8. The number of nitrogens with zero attached hydrogens (tertiary/aromatic N) is 2. The standard InChI is InChI=1S/C17H18BN3O4.CH2O2/c1-24-15-7-13-14(8-16(15)25-2)20-10-21-17(13)19-9-11-3-5-12(6-4-11)18(22)23;2-1-3/h3-8,10,22-23H,9H2,1-2H3,(H,19,20,21);1H,(H,2,3). The summed E-state index contributed by atoms with van der Waals surface area (Å²) >= 11 is 0. The minimum absolute atomic E-state index is 0.250. The van der Waals surface area contributed by atoms with Crippen molar-refractivity contribution < 1.29 is 29.4 Å². The van der Waals surface area contributed by atoms with Crippen molar-refractivity contribution in [1.82, 2.24) is 9.97 Å². The number of rotatable bonds is 6. The average molecular weight is 385 g/mol. The maximum Gasteiger partial charge on any atom is 0.488 e. The number of ether oxygens (including phenoxy) is 2. The Morgan fingerprint density at radius 1 is 1.07 bits per heavy atom. The van der Waals surface area contributed by atoms with E-state index in [9.17, 15) is 0 Å². The van der Waals surface area contributed by atoms with Gasteiger partial charge in [-0.3, -0.25) is 4.79 Å². The molecule has 0 aliphatic heterocycles. The summed E-state index contributed by atoms with van der Waals surface area (Å²) in [6, 6.07) is 10.6. The van der Waals surface area contributed by atoms with E-state index in [1.54, 1.807) is 32.4 Å². The normalized spacial score (nSPS) is 9.86. The van der Waals surface area contributed by atoms with Gasteiger partial charge in [0.1, 0.15) is 12.1 Å². The number of carboxylic acid groups (broad SMARTS) is 1. The van der Waals surface area contributed by atoms with Gasteiger partial charge in [0.25, 0.3) is 6.47 Å². The highest BCUT2D eigenvalue weighted by molar-refractivity contribution is 6.58. The van der Waals surface area contributed by atoms with Gasteiger partial charge in [0.05, 0.1) is 19.7 Å². The number of fused-ring (bicyclic) bond motifs is 1. The largest absolute Gasteiger partial charge is 0.493 e. The molecule has 0 radical (unpaired) electrons. The Labute approximate surface area is 161 Å².